The van der Waals surface area contributed by atoms with Crippen LogP contribution in [0.3, 0.4) is 0 Å². The van der Waals surface area contributed by atoms with E-state index >= 15 is 0 Å². The van der Waals surface area contributed by atoms with Crippen molar-refractivity contribution in [3.05, 3.63) is 69.4 Å². The maximum Gasteiger partial charge on any atom is 0.238 e. The van der Waals surface area contributed by atoms with Crippen LogP contribution in [0.25, 0.3) is 10.8 Å². The van der Waals surface area contributed by atoms with Crippen LogP contribution in [0.4, 0.5) is 5.69 Å². The third kappa shape index (κ3) is 3.44. The monoisotopic (exact) mass is 533 g/mol. The van der Waals surface area contributed by atoms with Crippen LogP contribution in [-0.4, -0.2) is 43.0 Å². The molecule has 0 unspecified atom stereocenters. The van der Waals surface area contributed by atoms with Gasteiger partial charge in [0.1, 0.15) is 0 Å². The summed E-state index contributed by atoms with van der Waals surface area (Å²) in [4.78, 5) is 20.2. The number of sulfonamides is 1. The summed E-state index contributed by atoms with van der Waals surface area (Å²) in [6, 6.07) is 13.4. The Kier molecular flexibility index (Phi) is 5.32. The maximum atomic E-state index is 13.8. The Bertz CT molecular complexity index is 1350. The molecule has 2 aliphatic rings. The second-order valence-electron chi connectivity index (χ2n) is 8.40. The molecule has 1 saturated heterocycles. The van der Waals surface area contributed by atoms with E-state index in [4.69, 9.17) is 11.6 Å². The van der Waals surface area contributed by atoms with Gasteiger partial charge in [0.2, 0.25) is 15.9 Å². The van der Waals surface area contributed by atoms with Crippen molar-refractivity contribution in [3.63, 3.8) is 0 Å². The summed E-state index contributed by atoms with van der Waals surface area (Å²) in [5.74, 6) is 0.0109. The number of benzene rings is 2. The van der Waals surface area contributed by atoms with E-state index in [1.165, 1.54) is 10.6 Å². The first-order valence-corrected chi connectivity index (χ1v) is 13.3. The third-order valence-electron chi connectivity index (χ3n) is 6.58. The molecule has 1 spiro atoms. The van der Waals surface area contributed by atoms with Gasteiger partial charge >= 0.3 is 0 Å². The highest BCUT2D eigenvalue weighted by molar-refractivity contribution is 9.10. The lowest BCUT2D eigenvalue weighted by Gasteiger charge is -2.37. The number of halogens is 2. The van der Waals surface area contributed by atoms with Crippen LogP contribution in [-0.2, 0) is 26.8 Å². The van der Waals surface area contributed by atoms with Gasteiger partial charge in [-0.15, -0.1) is 0 Å². The highest BCUT2D eigenvalue weighted by Gasteiger charge is 2.52. The summed E-state index contributed by atoms with van der Waals surface area (Å²) in [6.07, 6.45) is 3.93. The van der Waals surface area contributed by atoms with Crippen molar-refractivity contribution in [1.29, 1.82) is 0 Å². The minimum absolute atomic E-state index is 0.0109. The van der Waals surface area contributed by atoms with Gasteiger partial charge in [-0.1, -0.05) is 35.9 Å². The van der Waals surface area contributed by atoms with Crippen LogP contribution in [0.1, 0.15) is 24.1 Å². The number of pyridine rings is 1. The fraction of sp³-hybridized carbons (Fsp3) is 0.304. The van der Waals surface area contributed by atoms with Gasteiger partial charge in [-0.05, 0) is 57.9 Å². The Morgan fingerprint density at radius 3 is 2.59 bits per heavy atom. The number of carbonyl (C=O) groups excluding carboxylic acids is 1. The van der Waals surface area contributed by atoms with Gasteiger partial charge in [0, 0.05) is 39.9 Å². The number of para-hydroxylation sites is 1. The third-order valence-corrected chi connectivity index (χ3v) is 9.00. The van der Waals surface area contributed by atoms with E-state index in [1.54, 1.807) is 11.1 Å². The van der Waals surface area contributed by atoms with Crippen LogP contribution in [0.15, 0.2) is 53.1 Å². The molecule has 9 heteroatoms. The van der Waals surface area contributed by atoms with Crippen molar-refractivity contribution in [2.75, 3.05) is 24.2 Å². The molecule has 3 aromatic rings. The van der Waals surface area contributed by atoms with Gasteiger partial charge in [-0.2, -0.15) is 0 Å². The predicted octanol–water partition coefficient (Wildman–Crippen LogP) is 4.49. The first-order valence-electron chi connectivity index (χ1n) is 10.3. The molecule has 0 N–H and O–H groups in total. The average Bonchev–Trinajstić information content (AvgIpc) is 2.98. The molecule has 32 heavy (non-hydrogen) atoms. The maximum absolute atomic E-state index is 13.8. The molecule has 0 bridgehead atoms. The molecule has 0 saturated carbocycles. The zero-order valence-electron chi connectivity index (χ0n) is 17.4. The molecule has 5 rings (SSSR count). The minimum atomic E-state index is -3.28. The molecule has 6 nitrogen and oxygen atoms in total. The van der Waals surface area contributed by atoms with Crippen molar-refractivity contribution in [1.82, 2.24) is 9.29 Å². The summed E-state index contributed by atoms with van der Waals surface area (Å²) in [5, 5.41) is 2.55. The van der Waals surface area contributed by atoms with E-state index in [1.807, 2.05) is 42.5 Å². The molecular weight excluding hydrogens is 514 g/mol. The van der Waals surface area contributed by atoms with Crippen LogP contribution < -0.4 is 4.90 Å². The number of aromatic nitrogens is 1. The van der Waals surface area contributed by atoms with Gasteiger partial charge in [-0.25, -0.2) is 12.7 Å². The number of carbonyl (C=O) groups is 1. The second-order valence-corrected chi connectivity index (χ2v) is 11.6. The van der Waals surface area contributed by atoms with Crippen LogP contribution in [0.2, 0.25) is 5.02 Å². The summed E-state index contributed by atoms with van der Waals surface area (Å²) in [7, 11) is -3.28. The fourth-order valence-electron chi connectivity index (χ4n) is 4.90. The predicted molar refractivity (Wildman–Crippen MR) is 129 cm³/mol. The van der Waals surface area contributed by atoms with Gasteiger partial charge in [0.05, 0.1) is 23.9 Å². The standard InChI is InChI=1S/C23H21BrClN3O3S/c1-32(30,31)27-10-8-23(9-11-27)18-4-2-3-5-20(18)28(22(23)29)14-19-21(24)17-7-6-16(25)12-15(17)13-26-19/h2-7,12-13H,8-11,14H2,1H3. The lowest BCUT2D eigenvalue weighted by atomic mass is 9.74. The molecule has 1 aromatic heterocycles. The number of hydrogen-bond acceptors (Lipinski definition) is 4. The smallest absolute Gasteiger partial charge is 0.238 e. The summed E-state index contributed by atoms with van der Waals surface area (Å²) in [6.45, 7) is 1.00. The van der Waals surface area contributed by atoms with Gasteiger partial charge in [0.15, 0.2) is 0 Å². The minimum Gasteiger partial charge on any atom is -0.305 e. The lowest BCUT2D eigenvalue weighted by molar-refractivity contribution is -0.124. The van der Waals surface area contributed by atoms with Crippen molar-refractivity contribution in [2.45, 2.75) is 24.8 Å². The largest absolute Gasteiger partial charge is 0.305 e. The molecule has 166 valence electrons. The number of piperidine rings is 1. The average molecular weight is 535 g/mol. The van der Waals surface area contributed by atoms with E-state index < -0.39 is 15.4 Å². The first-order chi connectivity index (χ1) is 15.2. The molecule has 0 atom stereocenters. The number of amides is 1. The molecule has 0 radical (unpaired) electrons. The molecule has 1 amide bonds. The van der Waals surface area contributed by atoms with E-state index in [9.17, 15) is 13.2 Å². The van der Waals surface area contributed by atoms with E-state index in [-0.39, 0.29) is 5.91 Å². The van der Waals surface area contributed by atoms with Crippen molar-refractivity contribution in [3.8, 4) is 0 Å². The highest BCUT2D eigenvalue weighted by atomic mass is 79.9. The molecule has 2 aliphatic heterocycles. The topological polar surface area (TPSA) is 70.6 Å². The number of nitrogens with zero attached hydrogens (tertiary/aromatic N) is 3. The lowest BCUT2D eigenvalue weighted by Crippen LogP contribution is -2.49. The molecule has 0 aliphatic carbocycles. The quantitative estimate of drug-likeness (QED) is 0.496. The van der Waals surface area contributed by atoms with Crippen molar-refractivity contribution < 1.29 is 13.2 Å². The van der Waals surface area contributed by atoms with E-state index in [0.717, 1.165) is 32.2 Å². The number of anilines is 1. The van der Waals surface area contributed by atoms with Crippen molar-refractivity contribution >= 4 is 59.9 Å². The number of fused-ring (bicyclic) bond motifs is 3. The fourth-order valence-corrected chi connectivity index (χ4v) is 6.51. The van der Waals surface area contributed by atoms with Crippen LogP contribution in [0.5, 0.6) is 0 Å². The van der Waals surface area contributed by atoms with Gasteiger partial charge in [0.25, 0.3) is 0 Å². The summed E-state index contributed by atoms with van der Waals surface area (Å²) >= 11 is 9.78. The zero-order valence-corrected chi connectivity index (χ0v) is 20.5. The Labute approximate surface area is 200 Å². The van der Waals surface area contributed by atoms with Crippen LogP contribution in [0, 0.1) is 0 Å². The number of hydrogen-bond donors (Lipinski definition) is 0. The molecule has 1 fully saturated rings. The summed E-state index contributed by atoms with van der Waals surface area (Å²) in [5.41, 5.74) is 1.90. The Balaban J connectivity index is 1.51. The zero-order chi connectivity index (χ0) is 22.7. The van der Waals surface area contributed by atoms with Crippen molar-refractivity contribution in [2.24, 2.45) is 0 Å². The number of rotatable bonds is 3. The SMILES string of the molecule is CS(=O)(=O)N1CCC2(CC1)C(=O)N(Cc1ncc3cc(Cl)ccc3c1Br)c1ccccc12. The van der Waals surface area contributed by atoms with Gasteiger partial charge in [-0.3, -0.25) is 9.78 Å². The van der Waals surface area contributed by atoms with Crippen LogP contribution >= 0.6 is 27.5 Å². The first kappa shape index (κ1) is 21.8. The van der Waals surface area contributed by atoms with E-state index in [2.05, 4.69) is 20.9 Å². The molecular formula is C23H21BrClN3O3S. The van der Waals surface area contributed by atoms with E-state index in [0.29, 0.717) is 37.5 Å². The Hall–Kier alpha value is -2.00. The highest BCUT2D eigenvalue weighted by Crippen LogP contribution is 2.48. The Morgan fingerprint density at radius 1 is 1.16 bits per heavy atom. The molecule has 2 aromatic carbocycles. The molecule has 3 heterocycles. The second kappa shape index (κ2) is 7.80. The normalized spacial score (nSPS) is 18.5. The Morgan fingerprint density at radius 2 is 1.88 bits per heavy atom. The summed E-state index contributed by atoms with van der Waals surface area (Å²) < 4.78 is 26.3. The van der Waals surface area contributed by atoms with Gasteiger partial charge < -0.3 is 4.90 Å².